The van der Waals surface area contributed by atoms with Crippen molar-refractivity contribution in [1.29, 1.82) is 0 Å². The van der Waals surface area contributed by atoms with Crippen molar-refractivity contribution in [2.75, 3.05) is 0 Å². The molecule has 6 heteroatoms. The Labute approximate surface area is 163 Å². The number of carbonyl (C=O) groups excluding carboxylic acids is 1. The molecule has 0 aliphatic rings. The lowest BCUT2D eigenvalue weighted by molar-refractivity contribution is -0.120. The molecule has 0 aliphatic carbocycles. The van der Waals surface area contributed by atoms with Gasteiger partial charge < -0.3 is 9.73 Å². The fraction of sp³-hybridized carbons (Fsp3) is 0.286. The summed E-state index contributed by atoms with van der Waals surface area (Å²) < 4.78 is 5.66. The lowest BCUT2D eigenvalue weighted by atomic mass is 10.1. The van der Waals surface area contributed by atoms with Gasteiger partial charge in [0.1, 0.15) is 0 Å². The monoisotopic (exact) mass is 381 g/mol. The normalized spacial score (nSPS) is 13.1. The molecule has 1 amide bonds. The first-order valence-corrected chi connectivity index (χ1v) is 9.89. The fourth-order valence-corrected chi connectivity index (χ4v) is 3.31. The average molecular weight is 382 g/mol. The van der Waals surface area contributed by atoms with Crippen molar-refractivity contribution in [3.8, 4) is 11.5 Å². The van der Waals surface area contributed by atoms with Gasteiger partial charge in [0.15, 0.2) is 0 Å². The molecule has 0 saturated carbocycles. The Balaban J connectivity index is 1.48. The summed E-state index contributed by atoms with van der Waals surface area (Å²) in [5, 5.41) is 11.2. The van der Waals surface area contributed by atoms with Crippen molar-refractivity contribution in [3.63, 3.8) is 0 Å². The molecular formula is C21H23N3O2S. The molecule has 0 spiro atoms. The van der Waals surface area contributed by atoms with E-state index in [1.54, 1.807) is 0 Å². The maximum absolute atomic E-state index is 12.4. The van der Waals surface area contributed by atoms with Gasteiger partial charge in [-0.1, -0.05) is 60.3 Å². The minimum atomic E-state index is -0.312. The summed E-state index contributed by atoms with van der Waals surface area (Å²) in [6.45, 7) is 3.87. The molecule has 0 fully saturated rings. The van der Waals surface area contributed by atoms with Crippen molar-refractivity contribution >= 4 is 17.7 Å². The highest BCUT2D eigenvalue weighted by Gasteiger charge is 2.20. The largest absolute Gasteiger partial charge is 0.411 e. The van der Waals surface area contributed by atoms with Crippen LogP contribution in [0.1, 0.15) is 25.8 Å². The molecule has 0 aliphatic heterocycles. The molecule has 3 rings (SSSR count). The minimum Gasteiger partial charge on any atom is -0.411 e. The van der Waals surface area contributed by atoms with Gasteiger partial charge in [-0.25, -0.2) is 0 Å². The van der Waals surface area contributed by atoms with Gasteiger partial charge in [-0.2, -0.15) is 0 Å². The smallest absolute Gasteiger partial charge is 0.277 e. The minimum absolute atomic E-state index is 0.0278. The van der Waals surface area contributed by atoms with Crippen molar-refractivity contribution in [1.82, 2.24) is 15.5 Å². The van der Waals surface area contributed by atoms with Crippen LogP contribution in [0.5, 0.6) is 0 Å². The third-order valence-electron chi connectivity index (χ3n) is 4.17. The van der Waals surface area contributed by atoms with Crippen LogP contribution in [0.25, 0.3) is 11.5 Å². The lowest BCUT2D eigenvalue weighted by Gasteiger charge is -2.16. The molecule has 140 valence electrons. The first-order valence-electron chi connectivity index (χ1n) is 9.01. The van der Waals surface area contributed by atoms with Crippen LogP contribution in [-0.4, -0.2) is 27.4 Å². The van der Waals surface area contributed by atoms with Crippen molar-refractivity contribution in [3.05, 3.63) is 66.2 Å². The number of benzene rings is 2. The van der Waals surface area contributed by atoms with Gasteiger partial charge in [0.05, 0.1) is 5.25 Å². The van der Waals surface area contributed by atoms with Crippen LogP contribution in [0.2, 0.25) is 0 Å². The molecule has 5 nitrogen and oxygen atoms in total. The zero-order valence-corrected chi connectivity index (χ0v) is 16.3. The number of hydrogen-bond acceptors (Lipinski definition) is 5. The highest BCUT2D eigenvalue weighted by molar-refractivity contribution is 8.00. The van der Waals surface area contributed by atoms with Crippen LogP contribution in [0.3, 0.4) is 0 Å². The molecule has 27 heavy (non-hydrogen) atoms. The summed E-state index contributed by atoms with van der Waals surface area (Å²) in [5.41, 5.74) is 2.14. The van der Waals surface area contributed by atoms with Crippen molar-refractivity contribution in [2.45, 2.75) is 43.2 Å². The first-order chi connectivity index (χ1) is 13.1. The van der Waals surface area contributed by atoms with Crippen molar-refractivity contribution in [2.24, 2.45) is 0 Å². The van der Waals surface area contributed by atoms with Gasteiger partial charge in [0.25, 0.3) is 5.22 Å². The molecule has 3 aromatic rings. The van der Waals surface area contributed by atoms with Gasteiger partial charge in [0, 0.05) is 11.6 Å². The molecule has 0 radical (unpaired) electrons. The summed E-state index contributed by atoms with van der Waals surface area (Å²) >= 11 is 1.27. The van der Waals surface area contributed by atoms with Crippen LogP contribution in [0.4, 0.5) is 0 Å². The van der Waals surface area contributed by atoms with Crippen LogP contribution < -0.4 is 5.32 Å². The van der Waals surface area contributed by atoms with E-state index in [1.807, 2.05) is 62.4 Å². The van der Waals surface area contributed by atoms with E-state index in [0.29, 0.717) is 11.1 Å². The maximum atomic E-state index is 12.4. The second kappa shape index (κ2) is 9.37. The first kappa shape index (κ1) is 19.2. The standard InChI is InChI=1S/C21H23N3O2S/c1-15(13-14-17-9-5-3-6-10-17)22-19(25)16(2)27-21-24-23-20(26-21)18-11-7-4-8-12-18/h3-12,15-16H,13-14H2,1-2H3,(H,22,25). The van der Waals surface area contributed by atoms with Crippen LogP contribution in [0, 0.1) is 0 Å². The molecule has 0 bridgehead atoms. The lowest BCUT2D eigenvalue weighted by Crippen LogP contribution is -2.37. The number of amides is 1. The Hall–Kier alpha value is -2.60. The Morgan fingerprint density at radius 2 is 1.70 bits per heavy atom. The SMILES string of the molecule is CC(CCc1ccccc1)NC(=O)C(C)Sc1nnc(-c2ccccc2)o1. The molecule has 2 atom stereocenters. The van der Waals surface area contributed by atoms with E-state index in [2.05, 4.69) is 27.6 Å². The Morgan fingerprint density at radius 1 is 1.04 bits per heavy atom. The van der Waals surface area contributed by atoms with Gasteiger partial charge in [0.2, 0.25) is 11.8 Å². The number of nitrogens with zero attached hydrogens (tertiary/aromatic N) is 2. The van der Waals surface area contributed by atoms with Gasteiger partial charge in [-0.15, -0.1) is 10.2 Å². The third kappa shape index (κ3) is 5.69. The van der Waals surface area contributed by atoms with E-state index < -0.39 is 0 Å². The van der Waals surface area contributed by atoms with Crippen LogP contribution in [-0.2, 0) is 11.2 Å². The van der Waals surface area contributed by atoms with Gasteiger partial charge >= 0.3 is 0 Å². The Morgan fingerprint density at radius 3 is 2.41 bits per heavy atom. The second-order valence-electron chi connectivity index (χ2n) is 6.43. The quantitative estimate of drug-likeness (QED) is 0.587. The fourth-order valence-electron chi connectivity index (χ4n) is 2.62. The highest BCUT2D eigenvalue weighted by Crippen LogP contribution is 2.26. The predicted molar refractivity (Wildman–Crippen MR) is 107 cm³/mol. The number of aromatic nitrogens is 2. The average Bonchev–Trinajstić information content (AvgIpc) is 3.16. The molecular weight excluding hydrogens is 358 g/mol. The number of rotatable bonds is 8. The van der Waals surface area contributed by atoms with Gasteiger partial charge in [-0.05, 0) is 44.4 Å². The molecule has 0 saturated heterocycles. The van der Waals surface area contributed by atoms with E-state index in [4.69, 9.17) is 4.42 Å². The molecule has 2 aromatic carbocycles. The summed E-state index contributed by atoms with van der Waals surface area (Å²) in [5.74, 6) is 0.432. The highest BCUT2D eigenvalue weighted by atomic mass is 32.2. The Bertz CT molecular complexity index is 852. The summed E-state index contributed by atoms with van der Waals surface area (Å²) in [4.78, 5) is 12.4. The number of thioether (sulfide) groups is 1. The number of nitrogens with one attached hydrogen (secondary N) is 1. The molecule has 1 heterocycles. The zero-order chi connectivity index (χ0) is 19.1. The zero-order valence-electron chi connectivity index (χ0n) is 15.5. The van der Waals surface area contributed by atoms with E-state index in [1.165, 1.54) is 17.3 Å². The van der Waals surface area contributed by atoms with Crippen molar-refractivity contribution < 1.29 is 9.21 Å². The summed E-state index contributed by atoms with van der Waals surface area (Å²) in [7, 11) is 0. The summed E-state index contributed by atoms with van der Waals surface area (Å²) in [6, 6.07) is 20.0. The summed E-state index contributed by atoms with van der Waals surface area (Å²) in [6.07, 6.45) is 1.83. The molecule has 1 aromatic heterocycles. The van der Waals surface area contributed by atoms with Crippen LogP contribution >= 0.6 is 11.8 Å². The van der Waals surface area contributed by atoms with Gasteiger partial charge in [-0.3, -0.25) is 4.79 Å². The Kier molecular flexibility index (Phi) is 6.65. The van der Waals surface area contributed by atoms with E-state index in [0.717, 1.165) is 18.4 Å². The second-order valence-corrected chi connectivity index (χ2v) is 7.73. The topological polar surface area (TPSA) is 68.0 Å². The molecule has 2 unspecified atom stereocenters. The maximum Gasteiger partial charge on any atom is 0.277 e. The number of carbonyl (C=O) groups is 1. The van der Waals surface area contributed by atoms with Crippen LogP contribution in [0.15, 0.2) is 70.3 Å². The number of hydrogen-bond donors (Lipinski definition) is 1. The third-order valence-corrected chi connectivity index (χ3v) is 5.11. The predicted octanol–water partition coefficient (Wildman–Crippen LogP) is 4.35. The van der Waals surface area contributed by atoms with E-state index in [9.17, 15) is 4.79 Å². The van der Waals surface area contributed by atoms with E-state index in [-0.39, 0.29) is 17.2 Å². The van der Waals surface area contributed by atoms with E-state index >= 15 is 0 Å². The number of aryl methyl sites for hydroxylation is 1. The molecule has 1 N–H and O–H groups in total.